The average molecular weight is 249 g/mol. The lowest BCUT2D eigenvalue weighted by Crippen LogP contribution is -2.28. The van der Waals surface area contributed by atoms with E-state index in [0.29, 0.717) is 18.7 Å². The SMILES string of the molecule is CCOc1ccc(C)c2c1B(O)CC2C[N+](=O)[O-]. The Labute approximate surface area is 106 Å². The average Bonchev–Trinajstić information content (AvgIpc) is 2.60. The van der Waals surface area contributed by atoms with E-state index in [1.165, 1.54) is 0 Å². The highest BCUT2D eigenvalue weighted by Gasteiger charge is 2.39. The van der Waals surface area contributed by atoms with Crippen LogP contribution >= 0.6 is 0 Å². The minimum atomic E-state index is -0.661. The molecule has 1 aromatic rings. The molecule has 1 unspecified atom stereocenters. The number of ether oxygens (including phenoxy) is 1. The predicted octanol–water partition coefficient (Wildman–Crippen LogP) is 0.958. The molecule has 96 valence electrons. The Balaban J connectivity index is 2.45. The van der Waals surface area contributed by atoms with E-state index < -0.39 is 6.92 Å². The van der Waals surface area contributed by atoms with Crippen LogP contribution in [0.4, 0.5) is 0 Å². The summed E-state index contributed by atoms with van der Waals surface area (Å²) in [6, 6.07) is 3.73. The maximum absolute atomic E-state index is 10.7. The van der Waals surface area contributed by atoms with E-state index in [-0.39, 0.29) is 17.4 Å². The number of aryl methyl sites for hydroxylation is 1. The second kappa shape index (κ2) is 4.98. The van der Waals surface area contributed by atoms with Crippen molar-refractivity contribution >= 4 is 12.4 Å². The first-order chi connectivity index (χ1) is 8.54. The molecule has 0 saturated carbocycles. The van der Waals surface area contributed by atoms with E-state index in [0.717, 1.165) is 16.6 Å². The minimum absolute atomic E-state index is 0.138. The molecule has 0 saturated heterocycles. The molecule has 1 N–H and O–H groups in total. The summed E-state index contributed by atoms with van der Waals surface area (Å²) >= 11 is 0. The maximum Gasteiger partial charge on any atom is 0.328 e. The number of hydrogen-bond donors (Lipinski definition) is 1. The molecule has 6 heteroatoms. The monoisotopic (exact) mass is 249 g/mol. The quantitative estimate of drug-likeness (QED) is 0.490. The molecule has 2 rings (SSSR count). The Bertz CT molecular complexity index is 477. The van der Waals surface area contributed by atoms with Crippen LogP contribution in [0.25, 0.3) is 0 Å². The zero-order chi connectivity index (χ0) is 13.3. The van der Waals surface area contributed by atoms with Crippen molar-refractivity contribution in [2.24, 2.45) is 0 Å². The molecule has 1 atom stereocenters. The Morgan fingerprint density at radius 2 is 2.33 bits per heavy atom. The Morgan fingerprint density at radius 3 is 2.94 bits per heavy atom. The van der Waals surface area contributed by atoms with Crippen molar-refractivity contribution in [2.45, 2.75) is 26.1 Å². The van der Waals surface area contributed by atoms with Gasteiger partial charge in [0.2, 0.25) is 6.54 Å². The number of fused-ring (bicyclic) bond motifs is 1. The first-order valence-electron chi connectivity index (χ1n) is 6.10. The van der Waals surface area contributed by atoms with E-state index in [9.17, 15) is 15.1 Å². The molecule has 0 radical (unpaired) electrons. The van der Waals surface area contributed by atoms with E-state index in [2.05, 4.69) is 0 Å². The van der Waals surface area contributed by atoms with Crippen molar-refractivity contribution in [3.63, 3.8) is 0 Å². The van der Waals surface area contributed by atoms with Crippen LogP contribution in [0.1, 0.15) is 24.0 Å². The topological polar surface area (TPSA) is 72.6 Å². The van der Waals surface area contributed by atoms with Gasteiger partial charge in [-0.05, 0) is 42.8 Å². The highest BCUT2D eigenvalue weighted by molar-refractivity contribution is 6.69. The van der Waals surface area contributed by atoms with Gasteiger partial charge in [-0.1, -0.05) is 6.07 Å². The largest absolute Gasteiger partial charge is 0.494 e. The summed E-state index contributed by atoms with van der Waals surface area (Å²) in [5.74, 6) is 0.432. The van der Waals surface area contributed by atoms with Crippen molar-refractivity contribution in [2.75, 3.05) is 13.2 Å². The normalized spacial score (nSPS) is 17.7. The standard InChI is InChI=1S/C12H16BNO4/c1-3-18-10-5-4-8(2)11-9(7-14(16)17)6-13(15)12(10)11/h4-5,9,15H,3,6-7H2,1-2H3. The summed E-state index contributed by atoms with van der Waals surface area (Å²) in [5, 5.41) is 20.8. The van der Waals surface area contributed by atoms with Gasteiger partial charge >= 0.3 is 6.92 Å². The van der Waals surface area contributed by atoms with Crippen LogP contribution in [0.15, 0.2) is 12.1 Å². The lowest BCUT2D eigenvalue weighted by atomic mass is 9.62. The van der Waals surface area contributed by atoms with Crippen molar-refractivity contribution < 1.29 is 14.7 Å². The zero-order valence-corrected chi connectivity index (χ0v) is 10.5. The van der Waals surface area contributed by atoms with E-state index in [1.807, 2.05) is 26.0 Å². The molecule has 0 bridgehead atoms. The van der Waals surface area contributed by atoms with Gasteiger partial charge in [-0.25, -0.2) is 0 Å². The number of nitrogens with zero attached hydrogens (tertiary/aromatic N) is 1. The number of nitro groups is 1. The van der Waals surface area contributed by atoms with Crippen molar-refractivity contribution in [1.82, 2.24) is 0 Å². The summed E-state index contributed by atoms with van der Waals surface area (Å²) in [6.45, 7) is 3.51. The molecular weight excluding hydrogens is 233 g/mol. The van der Waals surface area contributed by atoms with Gasteiger partial charge in [-0.3, -0.25) is 10.1 Å². The fraction of sp³-hybridized carbons (Fsp3) is 0.500. The summed E-state index contributed by atoms with van der Waals surface area (Å²) in [7, 11) is 0. The Kier molecular flexibility index (Phi) is 3.56. The summed E-state index contributed by atoms with van der Waals surface area (Å²) in [6.07, 6.45) is 0.404. The van der Waals surface area contributed by atoms with Gasteiger partial charge in [0.25, 0.3) is 0 Å². The lowest BCUT2D eigenvalue weighted by Gasteiger charge is -2.14. The molecule has 1 aromatic carbocycles. The molecule has 5 nitrogen and oxygen atoms in total. The van der Waals surface area contributed by atoms with Crippen molar-refractivity contribution in [3.05, 3.63) is 33.4 Å². The van der Waals surface area contributed by atoms with Gasteiger partial charge < -0.3 is 9.76 Å². The van der Waals surface area contributed by atoms with Crippen LogP contribution in [-0.4, -0.2) is 30.0 Å². The van der Waals surface area contributed by atoms with Crippen LogP contribution < -0.4 is 10.2 Å². The van der Waals surface area contributed by atoms with Gasteiger partial charge in [-0.2, -0.15) is 0 Å². The molecule has 0 aliphatic carbocycles. The molecule has 18 heavy (non-hydrogen) atoms. The fourth-order valence-corrected chi connectivity index (χ4v) is 2.74. The molecule has 1 aliphatic rings. The molecule has 0 spiro atoms. The van der Waals surface area contributed by atoms with Gasteiger partial charge in [0.1, 0.15) is 5.75 Å². The fourth-order valence-electron chi connectivity index (χ4n) is 2.74. The maximum atomic E-state index is 10.7. The smallest absolute Gasteiger partial charge is 0.328 e. The summed E-state index contributed by atoms with van der Waals surface area (Å²) < 4.78 is 5.50. The Hall–Kier alpha value is -1.56. The highest BCUT2D eigenvalue weighted by atomic mass is 16.6. The van der Waals surface area contributed by atoms with Crippen LogP contribution in [0.5, 0.6) is 5.75 Å². The lowest BCUT2D eigenvalue weighted by molar-refractivity contribution is -0.482. The highest BCUT2D eigenvalue weighted by Crippen LogP contribution is 2.33. The van der Waals surface area contributed by atoms with Crippen LogP contribution in [-0.2, 0) is 0 Å². The van der Waals surface area contributed by atoms with Crippen molar-refractivity contribution in [1.29, 1.82) is 0 Å². The molecule has 0 fully saturated rings. The number of hydrogen-bond acceptors (Lipinski definition) is 4. The predicted molar refractivity (Wildman–Crippen MR) is 69.4 cm³/mol. The second-order valence-corrected chi connectivity index (χ2v) is 4.60. The first kappa shape index (κ1) is 12.9. The molecule has 0 amide bonds. The van der Waals surface area contributed by atoms with Gasteiger partial charge in [0, 0.05) is 10.8 Å². The van der Waals surface area contributed by atoms with E-state index in [4.69, 9.17) is 4.74 Å². The number of rotatable bonds is 4. The number of benzene rings is 1. The zero-order valence-electron chi connectivity index (χ0n) is 10.5. The minimum Gasteiger partial charge on any atom is -0.494 e. The van der Waals surface area contributed by atoms with E-state index >= 15 is 0 Å². The molecule has 1 heterocycles. The third kappa shape index (κ3) is 2.20. The van der Waals surface area contributed by atoms with Crippen LogP contribution in [0, 0.1) is 17.0 Å². The van der Waals surface area contributed by atoms with Gasteiger partial charge in [-0.15, -0.1) is 0 Å². The summed E-state index contributed by atoms with van der Waals surface area (Å²) in [5.41, 5.74) is 2.62. The van der Waals surface area contributed by atoms with Crippen LogP contribution in [0.3, 0.4) is 0 Å². The first-order valence-corrected chi connectivity index (χ1v) is 6.10. The Morgan fingerprint density at radius 1 is 1.61 bits per heavy atom. The summed E-state index contributed by atoms with van der Waals surface area (Å²) in [4.78, 5) is 10.4. The third-order valence-electron chi connectivity index (χ3n) is 3.38. The van der Waals surface area contributed by atoms with Gasteiger partial charge in [0.05, 0.1) is 6.61 Å². The third-order valence-corrected chi connectivity index (χ3v) is 3.38. The molecule has 0 aromatic heterocycles. The molecular formula is C12H16BNO4. The second-order valence-electron chi connectivity index (χ2n) is 4.60. The van der Waals surface area contributed by atoms with Gasteiger partial charge in [0.15, 0.2) is 0 Å². The molecule has 1 aliphatic heterocycles. The van der Waals surface area contributed by atoms with Crippen LogP contribution in [0.2, 0.25) is 6.32 Å². The van der Waals surface area contributed by atoms with Crippen molar-refractivity contribution in [3.8, 4) is 5.75 Å². The van der Waals surface area contributed by atoms with E-state index in [1.54, 1.807) is 0 Å².